The first-order valence-corrected chi connectivity index (χ1v) is 5.80. The van der Waals surface area contributed by atoms with Gasteiger partial charge in [0.15, 0.2) is 0 Å². The van der Waals surface area contributed by atoms with Crippen LogP contribution in [0.2, 0.25) is 0 Å². The molecule has 0 unspecified atom stereocenters. The highest BCUT2D eigenvalue weighted by molar-refractivity contribution is 5.77. The number of terminal acetylenes is 1. The summed E-state index contributed by atoms with van der Waals surface area (Å²) in [6.45, 7) is 5.85. The molecule has 0 aliphatic rings. The average molecular weight is 209 g/mol. The highest BCUT2D eigenvalue weighted by atomic mass is 16.1. The van der Waals surface area contributed by atoms with Crippen LogP contribution in [0.3, 0.4) is 0 Å². The lowest BCUT2D eigenvalue weighted by atomic mass is 10.1. The lowest BCUT2D eigenvalue weighted by Crippen LogP contribution is -2.41. The van der Waals surface area contributed by atoms with E-state index in [4.69, 9.17) is 6.42 Å². The lowest BCUT2D eigenvalue weighted by Gasteiger charge is -2.19. The van der Waals surface area contributed by atoms with Gasteiger partial charge in [0.2, 0.25) is 5.91 Å². The number of hydrogen-bond donors (Lipinski definition) is 1. The summed E-state index contributed by atoms with van der Waals surface area (Å²) in [5, 5.41) is 2.82. The largest absolute Gasteiger partial charge is 0.340 e. The molecule has 0 fully saturated rings. The van der Waals surface area contributed by atoms with Crippen LogP contribution >= 0.6 is 0 Å². The molecule has 0 atom stereocenters. The summed E-state index contributed by atoms with van der Waals surface area (Å²) in [5.74, 6) is 2.62. The molecule has 0 aliphatic carbocycles. The molecule has 0 bridgehead atoms. The standard InChI is InChI=1S/C13H23NO/c1-5-7-8-9-10-11-12(15)14-13(3,4)6-2/h2H,5,7-11H2,1,3-4H3,(H,14,15). The quantitative estimate of drug-likeness (QED) is 0.507. The summed E-state index contributed by atoms with van der Waals surface area (Å²) in [6, 6.07) is 0. The summed E-state index contributed by atoms with van der Waals surface area (Å²) in [7, 11) is 0. The highest BCUT2D eigenvalue weighted by Crippen LogP contribution is 2.06. The SMILES string of the molecule is C#CC(C)(C)NC(=O)CCCCCCC. The molecular weight excluding hydrogens is 186 g/mol. The zero-order valence-corrected chi connectivity index (χ0v) is 10.2. The summed E-state index contributed by atoms with van der Waals surface area (Å²) in [4.78, 5) is 11.4. The minimum absolute atomic E-state index is 0.0643. The van der Waals surface area contributed by atoms with Crippen LogP contribution in [0.4, 0.5) is 0 Å². The molecule has 0 aromatic carbocycles. The third-order valence-electron chi connectivity index (χ3n) is 2.32. The maximum atomic E-state index is 11.4. The van der Waals surface area contributed by atoms with Crippen LogP contribution in [0.25, 0.3) is 0 Å². The van der Waals surface area contributed by atoms with Crippen LogP contribution in [0.1, 0.15) is 59.3 Å². The molecule has 0 heterocycles. The van der Waals surface area contributed by atoms with Crippen molar-refractivity contribution in [1.29, 1.82) is 0 Å². The molecule has 0 radical (unpaired) electrons. The van der Waals surface area contributed by atoms with Gasteiger partial charge in [0.25, 0.3) is 0 Å². The fourth-order valence-corrected chi connectivity index (χ4v) is 1.34. The molecule has 1 amide bonds. The van der Waals surface area contributed by atoms with Crippen LogP contribution in [0, 0.1) is 12.3 Å². The first-order chi connectivity index (χ1) is 7.02. The van der Waals surface area contributed by atoms with Crippen molar-refractivity contribution in [3.05, 3.63) is 0 Å². The molecule has 2 nitrogen and oxygen atoms in total. The van der Waals surface area contributed by atoms with Gasteiger partial charge in [0.05, 0.1) is 5.54 Å². The van der Waals surface area contributed by atoms with Crippen LogP contribution in [-0.4, -0.2) is 11.4 Å². The monoisotopic (exact) mass is 209 g/mol. The first-order valence-electron chi connectivity index (χ1n) is 5.80. The number of nitrogens with one attached hydrogen (secondary N) is 1. The van der Waals surface area contributed by atoms with E-state index in [1.165, 1.54) is 19.3 Å². The Kier molecular flexibility index (Phi) is 6.86. The molecule has 0 saturated carbocycles. The molecule has 0 spiro atoms. The molecule has 0 aromatic heterocycles. The zero-order chi connectivity index (χ0) is 11.7. The summed E-state index contributed by atoms with van der Waals surface area (Å²) < 4.78 is 0. The van der Waals surface area contributed by atoms with Crippen molar-refractivity contribution in [3.8, 4) is 12.3 Å². The Balaban J connectivity index is 3.55. The molecule has 0 aromatic rings. The van der Waals surface area contributed by atoms with Gasteiger partial charge in [0, 0.05) is 6.42 Å². The first kappa shape index (κ1) is 14.0. The second-order valence-corrected chi connectivity index (χ2v) is 4.48. The Morgan fingerprint density at radius 1 is 1.27 bits per heavy atom. The number of carbonyl (C=O) groups excluding carboxylic acids is 1. The van der Waals surface area contributed by atoms with E-state index in [2.05, 4.69) is 18.2 Å². The van der Waals surface area contributed by atoms with Gasteiger partial charge in [-0.15, -0.1) is 6.42 Å². The Morgan fingerprint density at radius 3 is 2.40 bits per heavy atom. The van der Waals surface area contributed by atoms with Crippen LogP contribution in [0.15, 0.2) is 0 Å². The van der Waals surface area contributed by atoms with Crippen molar-refractivity contribution in [1.82, 2.24) is 5.32 Å². The molecule has 15 heavy (non-hydrogen) atoms. The zero-order valence-electron chi connectivity index (χ0n) is 10.2. The van der Waals surface area contributed by atoms with Gasteiger partial charge in [0.1, 0.15) is 0 Å². The number of unbranched alkanes of at least 4 members (excludes halogenated alkanes) is 4. The molecule has 86 valence electrons. The summed E-state index contributed by atoms with van der Waals surface area (Å²) in [6.07, 6.45) is 11.7. The highest BCUT2D eigenvalue weighted by Gasteiger charge is 2.15. The summed E-state index contributed by atoms with van der Waals surface area (Å²) in [5.41, 5.74) is -0.513. The normalized spacial score (nSPS) is 10.8. The van der Waals surface area contributed by atoms with Gasteiger partial charge in [-0.1, -0.05) is 38.5 Å². The average Bonchev–Trinajstić information content (AvgIpc) is 2.17. The predicted octanol–water partition coefficient (Wildman–Crippen LogP) is 2.87. The van der Waals surface area contributed by atoms with Crippen LogP contribution < -0.4 is 5.32 Å². The molecule has 0 saturated heterocycles. The van der Waals surface area contributed by atoms with E-state index in [1.54, 1.807) is 0 Å². The number of rotatable bonds is 7. The van der Waals surface area contributed by atoms with Crippen LogP contribution in [0.5, 0.6) is 0 Å². The van der Waals surface area contributed by atoms with Crippen molar-refractivity contribution in [2.45, 2.75) is 64.8 Å². The van der Waals surface area contributed by atoms with Gasteiger partial charge in [-0.3, -0.25) is 4.79 Å². The van der Waals surface area contributed by atoms with Crippen molar-refractivity contribution in [2.24, 2.45) is 0 Å². The maximum Gasteiger partial charge on any atom is 0.221 e. The van der Waals surface area contributed by atoms with E-state index in [0.29, 0.717) is 6.42 Å². The van der Waals surface area contributed by atoms with E-state index in [-0.39, 0.29) is 5.91 Å². The third kappa shape index (κ3) is 8.05. The van der Waals surface area contributed by atoms with Crippen LogP contribution in [-0.2, 0) is 4.79 Å². The van der Waals surface area contributed by atoms with Gasteiger partial charge in [-0.2, -0.15) is 0 Å². The second kappa shape index (κ2) is 7.34. The van der Waals surface area contributed by atoms with Crippen molar-refractivity contribution < 1.29 is 4.79 Å². The molecular formula is C13H23NO. The van der Waals surface area contributed by atoms with Gasteiger partial charge < -0.3 is 5.32 Å². The molecule has 1 N–H and O–H groups in total. The number of carbonyl (C=O) groups is 1. The number of hydrogen-bond acceptors (Lipinski definition) is 1. The van der Waals surface area contributed by atoms with Crippen molar-refractivity contribution in [2.75, 3.05) is 0 Å². The Bertz CT molecular complexity index is 225. The smallest absolute Gasteiger partial charge is 0.221 e. The third-order valence-corrected chi connectivity index (χ3v) is 2.32. The molecule has 0 aliphatic heterocycles. The van der Waals surface area contributed by atoms with E-state index >= 15 is 0 Å². The second-order valence-electron chi connectivity index (χ2n) is 4.48. The van der Waals surface area contributed by atoms with Crippen molar-refractivity contribution in [3.63, 3.8) is 0 Å². The Labute approximate surface area is 93.8 Å². The lowest BCUT2D eigenvalue weighted by molar-refractivity contribution is -0.122. The summed E-state index contributed by atoms with van der Waals surface area (Å²) >= 11 is 0. The van der Waals surface area contributed by atoms with E-state index in [9.17, 15) is 4.79 Å². The Hall–Kier alpha value is -0.970. The van der Waals surface area contributed by atoms with Gasteiger partial charge >= 0.3 is 0 Å². The molecule has 2 heteroatoms. The predicted molar refractivity (Wildman–Crippen MR) is 64.4 cm³/mol. The van der Waals surface area contributed by atoms with Gasteiger partial charge in [-0.05, 0) is 20.3 Å². The minimum atomic E-state index is -0.513. The van der Waals surface area contributed by atoms with E-state index in [0.717, 1.165) is 12.8 Å². The fraction of sp³-hybridized carbons (Fsp3) is 0.769. The number of amides is 1. The topological polar surface area (TPSA) is 29.1 Å². The van der Waals surface area contributed by atoms with E-state index < -0.39 is 5.54 Å². The molecule has 0 rings (SSSR count). The van der Waals surface area contributed by atoms with Crippen molar-refractivity contribution >= 4 is 5.91 Å². The fourth-order valence-electron chi connectivity index (χ4n) is 1.34. The maximum absolute atomic E-state index is 11.4. The minimum Gasteiger partial charge on any atom is -0.340 e. The van der Waals surface area contributed by atoms with Gasteiger partial charge in [-0.25, -0.2) is 0 Å². The van der Waals surface area contributed by atoms with E-state index in [1.807, 2.05) is 13.8 Å². The Morgan fingerprint density at radius 2 is 1.87 bits per heavy atom.